The highest BCUT2D eigenvalue weighted by Gasteiger charge is 2.25. The van der Waals surface area contributed by atoms with E-state index in [1.54, 1.807) is 0 Å². The van der Waals surface area contributed by atoms with Crippen molar-refractivity contribution in [2.45, 2.75) is 51.7 Å². The first kappa shape index (κ1) is 13.4. The van der Waals surface area contributed by atoms with Crippen molar-refractivity contribution in [1.82, 2.24) is 9.55 Å². The maximum atomic E-state index is 5.88. The molecule has 3 rings (SSSR count). The smallest absolute Gasteiger partial charge is 0.115 e. The summed E-state index contributed by atoms with van der Waals surface area (Å²) in [5, 5.41) is 0. The Morgan fingerprint density at radius 3 is 2.85 bits per heavy atom. The van der Waals surface area contributed by atoms with Crippen LogP contribution in [0.3, 0.4) is 0 Å². The molecular formula is C16H23N3O. The lowest BCUT2D eigenvalue weighted by Gasteiger charge is -2.22. The van der Waals surface area contributed by atoms with Gasteiger partial charge in [0, 0.05) is 17.7 Å². The van der Waals surface area contributed by atoms with E-state index in [1.165, 1.54) is 0 Å². The van der Waals surface area contributed by atoms with Gasteiger partial charge in [0.15, 0.2) is 0 Å². The molecule has 4 nitrogen and oxygen atoms in total. The monoisotopic (exact) mass is 273 g/mol. The van der Waals surface area contributed by atoms with Gasteiger partial charge in [-0.25, -0.2) is 4.98 Å². The Hall–Kier alpha value is -1.55. The van der Waals surface area contributed by atoms with E-state index in [-0.39, 0.29) is 5.41 Å². The molecule has 20 heavy (non-hydrogen) atoms. The lowest BCUT2D eigenvalue weighted by Crippen LogP contribution is -2.23. The van der Waals surface area contributed by atoms with E-state index in [4.69, 9.17) is 15.5 Å². The van der Waals surface area contributed by atoms with E-state index < -0.39 is 0 Å². The number of benzene rings is 1. The van der Waals surface area contributed by atoms with Gasteiger partial charge in [-0.15, -0.1) is 0 Å². The summed E-state index contributed by atoms with van der Waals surface area (Å²) in [6, 6.07) is 5.97. The first-order valence-electron chi connectivity index (χ1n) is 7.33. The Bertz CT molecular complexity index is 618. The van der Waals surface area contributed by atoms with Gasteiger partial charge in [0.05, 0.1) is 23.7 Å². The highest BCUT2D eigenvalue weighted by Crippen LogP contribution is 2.29. The molecule has 1 aliphatic rings. The number of anilines is 1. The molecule has 1 saturated heterocycles. The van der Waals surface area contributed by atoms with Crippen molar-refractivity contribution in [3.8, 4) is 0 Å². The maximum Gasteiger partial charge on any atom is 0.115 e. The molecule has 1 unspecified atom stereocenters. The largest absolute Gasteiger partial charge is 0.399 e. The van der Waals surface area contributed by atoms with E-state index in [9.17, 15) is 0 Å². The number of nitrogens with two attached hydrogens (primary N) is 1. The molecule has 0 amide bonds. The zero-order valence-corrected chi connectivity index (χ0v) is 12.5. The van der Waals surface area contributed by atoms with Crippen LogP contribution in [-0.2, 0) is 16.7 Å². The molecule has 0 aliphatic carbocycles. The van der Waals surface area contributed by atoms with Crippen molar-refractivity contribution in [3.05, 3.63) is 24.0 Å². The molecule has 1 aliphatic heterocycles. The van der Waals surface area contributed by atoms with Gasteiger partial charge < -0.3 is 15.0 Å². The maximum absolute atomic E-state index is 5.88. The Balaban J connectivity index is 2.10. The summed E-state index contributed by atoms with van der Waals surface area (Å²) < 4.78 is 8.10. The molecule has 0 radical (unpaired) electrons. The SMILES string of the molecule is CC(C)(C)c1nc2cc(N)ccc2n1CC1CCCO1. The molecule has 2 aromatic rings. The van der Waals surface area contributed by atoms with E-state index >= 15 is 0 Å². The van der Waals surface area contributed by atoms with Gasteiger partial charge in [-0.1, -0.05) is 20.8 Å². The second-order valence-corrected chi connectivity index (χ2v) is 6.68. The molecule has 1 aromatic heterocycles. The summed E-state index contributed by atoms with van der Waals surface area (Å²) in [5.74, 6) is 1.11. The van der Waals surface area contributed by atoms with Crippen LogP contribution in [-0.4, -0.2) is 22.3 Å². The van der Waals surface area contributed by atoms with Crippen molar-refractivity contribution in [3.63, 3.8) is 0 Å². The van der Waals surface area contributed by atoms with Gasteiger partial charge in [0.25, 0.3) is 0 Å². The Labute approximate surface area is 119 Å². The minimum atomic E-state index is 0.00634. The van der Waals surface area contributed by atoms with E-state index in [1.807, 2.05) is 12.1 Å². The fourth-order valence-electron chi connectivity index (χ4n) is 2.90. The first-order chi connectivity index (χ1) is 9.45. The molecule has 0 saturated carbocycles. The van der Waals surface area contributed by atoms with E-state index in [2.05, 4.69) is 31.4 Å². The van der Waals surface area contributed by atoms with Crippen LogP contribution in [0.2, 0.25) is 0 Å². The fraction of sp³-hybridized carbons (Fsp3) is 0.562. The van der Waals surface area contributed by atoms with Crippen LogP contribution in [0.15, 0.2) is 18.2 Å². The normalized spacial score (nSPS) is 19.9. The molecule has 1 fully saturated rings. The lowest BCUT2D eigenvalue weighted by molar-refractivity contribution is 0.0965. The number of hydrogen-bond donors (Lipinski definition) is 1. The summed E-state index contributed by atoms with van der Waals surface area (Å²) in [7, 11) is 0. The molecule has 4 heteroatoms. The summed E-state index contributed by atoms with van der Waals surface area (Å²) in [6.45, 7) is 8.36. The Morgan fingerprint density at radius 1 is 1.40 bits per heavy atom. The topological polar surface area (TPSA) is 53.1 Å². The van der Waals surface area contributed by atoms with Crippen LogP contribution in [0.4, 0.5) is 5.69 Å². The number of rotatable bonds is 2. The molecule has 0 spiro atoms. The highest BCUT2D eigenvalue weighted by atomic mass is 16.5. The highest BCUT2D eigenvalue weighted by molar-refractivity contribution is 5.80. The third-order valence-electron chi connectivity index (χ3n) is 3.85. The quantitative estimate of drug-likeness (QED) is 0.855. The summed E-state index contributed by atoms with van der Waals surface area (Å²) >= 11 is 0. The Morgan fingerprint density at radius 2 is 2.20 bits per heavy atom. The standard InChI is InChI=1S/C16H23N3O/c1-16(2,3)15-18-13-9-11(17)6-7-14(13)19(15)10-12-5-4-8-20-12/h6-7,9,12H,4-5,8,10,17H2,1-3H3. The molecule has 108 valence electrons. The number of nitrogens with zero attached hydrogens (tertiary/aromatic N) is 2. The van der Waals surface area contributed by atoms with Crippen LogP contribution in [0.1, 0.15) is 39.4 Å². The lowest BCUT2D eigenvalue weighted by atomic mass is 9.95. The predicted octanol–water partition coefficient (Wildman–Crippen LogP) is 3.10. The van der Waals surface area contributed by atoms with Gasteiger partial charge in [0.2, 0.25) is 0 Å². The van der Waals surface area contributed by atoms with Crippen LogP contribution in [0, 0.1) is 0 Å². The summed E-state index contributed by atoms with van der Waals surface area (Å²) in [4.78, 5) is 4.81. The van der Waals surface area contributed by atoms with Gasteiger partial charge in [-0.2, -0.15) is 0 Å². The van der Waals surface area contributed by atoms with Crippen LogP contribution >= 0.6 is 0 Å². The van der Waals surface area contributed by atoms with Crippen LogP contribution < -0.4 is 5.73 Å². The zero-order chi connectivity index (χ0) is 14.3. The summed E-state index contributed by atoms with van der Waals surface area (Å²) in [5.41, 5.74) is 8.78. The van der Waals surface area contributed by atoms with E-state index in [0.717, 1.165) is 48.5 Å². The van der Waals surface area contributed by atoms with E-state index in [0.29, 0.717) is 6.10 Å². The minimum Gasteiger partial charge on any atom is -0.399 e. The fourth-order valence-corrected chi connectivity index (χ4v) is 2.90. The number of nitrogen functional groups attached to an aromatic ring is 1. The number of aromatic nitrogens is 2. The minimum absolute atomic E-state index is 0.00634. The third kappa shape index (κ3) is 2.40. The second-order valence-electron chi connectivity index (χ2n) is 6.68. The number of imidazole rings is 1. The molecule has 2 N–H and O–H groups in total. The molecule has 0 bridgehead atoms. The van der Waals surface area contributed by atoms with Gasteiger partial charge >= 0.3 is 0 Å². The number of hydrogen-bond acceptors (Lipinski definition) is 3. The van der Waals surface area contributed by atoms with Gasteiger partial charge in [0.1, 0.15) is 5.82 Å². The predicted molar refractivity (Wildman–Crippen MR) is 81.8 cm³/mol. The first-order valence-corrected chi connectivity index (χ1v) is 7.33. The zero-order valence-electron chi connectivity index (χ0n) is 12.5. The number of ether oxygens (including phenoxy) is 1. The molecular weight excluding hydrogens is 250 g/mol. The molecule has 1 aromatic carbocycles. The number of fused-ring (bicyclic) bond motifs is 1. The third-order valence-corrected chi connectivity index (χ3v) is 3.85. The molecule has 2 heterocycles. The van der Waals surface area contributed by atoms with Crippen molar-refractivity contribution < 1.29 is 4.74 Å². The van der Waals surface area contributed by atoms with Crippen LogP contribution in [0.5, 0.6) is 0 Å². The Kier molecular flexibility index (Phi) is 3.21. The average molecular weight is 273 g/mol. The van der Waals surface area contributed by atoms with Gasteiger partial charge in [-0.05, 0) is 31.0 Å². The van der Waals surface area contributed by atoms with Crippen LogP contribution in [0.25, 0.3) is 11.0 Å². The summed E-state index contributed by atoms with van der Waals surface area (Å²) in [6.07, 6.45) is 2.61. The van der Waals surface area contributed by atoms with Crippen molar-refractivity contribution in [2.75, 3.05) is 12.3 Å². The van der Waals surface area contributed by atoms with Gasteiger partial charge in [-0.3, -0.25) is 0 Å². The molecule has 1 atom stereocenters. The average Bonchev–Trinajstić information content (AvgIpc) is 2.97. The van der Waals surface area contributed by atoms with Crippen molar-refractivity contribution in [1.29, 1.82) is 0 Å². The second kappa shape index (κ2) is 4.77. The van der Waals surface area contributed by atoms with Crippen molar-refractivity contribution in [2.24, 2.45) is 0 Å². The van der Waals surface area contributed by atoms with Crippen molar-refractivity contribution >= 4 is 16.7 Å².